The standard InChI is InChI=1S/C24H33N5O2/c1-6-31-24(30)20-12-19(17-13-25-28(14-17)16(4)5)21-22(15(2)3)27-29(23(21)26-20)18-10-8-7-9-11-18/h12-16,18H,6-11H2,1-5H3. The molecule has 1 fully saturated rings. The van der Waals surface area contributed by atoms with Crippen LogP contribution in [0.3, 0.4) is 0 Å². The summed E-state index contributed by atoms with van der Waals surface area (Å²) < 4.78 is 9.32. The topological polar surface area (TPSA) is 74.8 Å². The average molecular weight is 424 g/mol. The highest BCUT2D eigenvalue weighted by Crippen LogP contribution is 2.38. The summed E-state index contributed by atoms with van der Waals surface area (Å²) in [5.74, 6) is -0.161. The molecule has 0 bridgehead atoms. The van der Waals surface area contributed by atoms with Crippen molar-refractivity contribution in [2.45, 2.75) is 84.7 Å². The number of fused-ring (bicyclic) bond motifs is 1. The molecule has 7 heteroatoms. The quantitative estimate of drug-likeness (QED) is 0.477. The summed E-state index contributed by atoms with van der Waals surface area (Å²) in [6.45, 7) is 10.7. The summed E-state index contributed by atoms with van der Waals surface area (Å²) in [4.78, 5) is 17.5. The van der Waals surface area contributed by atoms with Crippen LogP contribution in [-0.4, -0.2) is 37.1 Å². The van der Waals surface area contributed by atoms with Crippen LogP contribution in [-0.2, 0) is 4.74 Å². The van der Waals surface area contributed by atoms with Crippen molar-refractivity contribution in [3.63, 3.8) is 0 Å². The van der Waals surface area contributed by atoms with E-state index in [0.29, 0.717) is 18.3 Å². The number of esters is 1. The molecule has 0 aromatic carbocycles. The Morgan fingerprint density at radius 3 is 2.55 bits per heavy atom. The van der Waals surface area contributed by atoms with Crippen molar-refractivity contribution in [3.8, 4) is 11.1 Å². The molecule has 0 atom stereocenters. The zero-order valence-corrected chi connectivity index (χ0v) is 19.3. The first-order chi connectivity index (χ1) is 14.9. The molecular formula is C24H33N5O2. The van der Waals surface area contributed by atoms with Gasteiger partial charge in [-0.25, -0.2) is 14.5 Å². The SMILES string of the molecule is CCOC(=O)c1cc(-c2cnn(C(C)C)c2)c2c(C(C)C)nn(C3CCCCC3)c2n1. The molecular weight excluding hydrogens is 390 g/mol. The van der Waals surface area contributed by atoms with Gasteiger partial charge in [-0.05, 0) is 45.6 Å². The van der Waals surface area contributed by atoms with Crippen molar-refractivity contribution in [3.05, 3.63) is 29.8 Å². The molecule has 1 aliphatic rings. The van der Waals surface area contributed by atoms with Gasteiger partial charge in [-0.3, -0.25) is 4.68 Å². The lowest BCUT2D eigenvalue weighted by Crippen LogP contribution is -2.16. The monoisotopic (exact) mass is 423 g/mol. The molecule has 0 amide bonds. The second-order valence-corrected chi connectivity index (χ2v) is 9.05. The molecule has 0 spiro atoms. The van der Waals surface area contributed by atoms with E-state index in [1.54, 1.807) is 0 Å². The molecule has 1 saturated carbocycles. The van der Waals surface area contributed by atoms with Gasteiger partial charge < -0.3 is 4.74 Å². The van der Waals surface area contributed by atoms with Crippen LogP contribution in [0.1, 0.15) is 101 Å². The fourth-order valence-corrected chi connectivity index (χ4v) is 4.44. The Kier molecular flexibility index (Phi) is 6.12. The molecule has 0 N–H and O–H groups in total. The van der Waals surface area contributed by atoms with Crippen molar-refractivity contribution in [2.24, 2.45) is 0 Å². The number of ether oxygens (including phenoxy) is 1. The maximum absolute atomic E-state index is 12.7. The zero-order valence-electron chi connectivity index (χ0n) is 19.3. The largest absolute Gasteiger partial charge is 0.461 e. The van der Waals surface area contributed by atoms with Crippen molar-refractivity contribution < 1.29 is 9.53 Å². The fourth-order valence-electron chi connectivity index (χ4n) is 4.44. The van der Waals surface area contributed by atoms with Gasteiger partial charge in [-0.15, -0.1) is 0 Å². The number of nitrogens with zero attached hydrogens (tertiary/aromatic N) is 5. The van der Waals surface area contributed by atoms with E-state index in [9.17, 15) is 4.79 Å². The Bertz CT molecular complexity index is 1070. The number of aromatic nitrogens is 5. The van der Waals surface area contributed by atoms with E-state index in [-0.39, 0.29) is 12.0 Å². The molecule has 0 saturated heterocycles. The Morgan fingerprint density at radius 2 is 1.94 bits per heavy atom. The van der Waals surface area contributed by atoms with Crippen LogP contribution in [0.2, 0.25) is 0 Å². The normalized spacial score (nSPS) is 15.3. The van der Waals surface area contributed by atoms with Gasteiger partial charge in [-0.2, -0.15) is 10.2 Å². The van der Waals surface area contributed by atoms with Gasteiger partial charge in [0.05, 0.1) is 29.9 Å². The second-order valence-electron chi connectivity index (χ2n) is 9.05. The van der Waals surface area contributed by atoms with Gasteiger partial charge in [0, 0.05) is 23.4 Å². The maximum Gasteiger partial charge on any atom is 0.357 e. The van der Waals surface area contributed by atoms with Crippen LogP contribution < -0.4 is 0 Å². The lowest BCUT2D eigenvalue weighted by molar-refractivity contribution is 0.0520. The average Bonchev–Trinajstić information content (AvgIpc) is 3.39. The van der Waals surface area contributed by atoms with E-state index >= 15 is 0 Å². The van der Waals surface area contributed by atoms with Gasteiger partial charge in [-0.1, -0.05) is 33.1 Å². The smallest absolute Gasteiger partial charge is 0.357 e. The first-order valence-corrected chi connectivity index (χ1v) is 11.6. The van der Waals surface area contributed by atoms with Crippen LogP contribution in [0.25, 0.3) is 22.2 Å². The number of pyridine rings is 1. The number of rotatable bonds is 6. The molecule has 0 unspecified atom stereocenters. The second kappa shape index (κ2) is 8.81. The van der Waals surface area contributed by atoms with Gasteiger partial charge in [0.2, 0.25) is 0 Å². The van der Waals surface area contributed by atoms with Gasteiger partial charge in [0.15, 0.2) is 11.3 Å². The van der Waals surface area contributed by atoms with Crippen LogP contribution >= 0.6 is 0 Å². The first kappa shape index (κ1) is 21.5. The Morgan fingerprint density at radius 1 is 1.19 bits per heavy atom. The van der Waals surface area contributed by atoms with Crippen molar-refractivity contribution in [1.82, 2.24) is 24.5 Å². The van der Waals surface area contributed by atoms with E-state index in [4.69, 9.17) is 14.8 Å². The van der Waals surface area contributed by atoms with Crippen LogP contribution in [0.4, 0.5) is 0 Å². The molecule has 0 aliphatic heterocycles. The third-order valence-electron chi connectivity index (χ3n) is 6.08. The first-order valence-electron chi connectivity index (χ1n) is 11.6. The molecule has 0 radical (unpaired) electrons. The highest BCUT2D eigenvalue weighted by Gasteiger charge is 2.27. The van der Waals surface area contributed by atoms with Crippen LogP contribution in [0.5, 0.6) is 0 Å². The molecule has 3 aromatic rings. The molecule has 7 nitrogen and oxygen atoms in total. The fraction of sp³-hybridized carbons (Fsp3) is 0.583. The molecule has 166 valence electrons. The Labute approximate surface area is 183 Å². The lowest BCUT2D eigenvalue weighted by atomic mass is 9.95. The highest BCUT2D eigenvalue weighted by molar-refractivity contribution is 6.00. The van der Waals surface area contributed by atoms with Crippen molar-refractivity contribution in [2.75, 3.05) is 6.61 Å². The predicted molar refractivity (Wildman–Crippen MR) is 121 cm³/mol. The van der Waals surface area contributed by atoms with E-state index in [0.717, 1.165) is 40.7 Å². The minimum atomic E-state index is -0.399. The lowest BCUT2D eigenvalue weighted by Gasteiger charge is -2.22. The summed E-state index contributed by atoms with van der Waals surface area (Å²) in [5, 5.41) is 10.6. The molecule has 3 heterocycles. The van der Waals surface area contributed by atoms with E-state index in [2.05, 4.69) is 37.5 Å². The number of hydrogen-bond donors (Lipinski definition) is 0. The van der Waals surface area contributed by atoms with Gasteiger partial charge in [0.25, 0.3) is 0 Å². The minimum absolute atomic E-state index is 0.237. The van der Waals surface area contributed by atoms with Gasteiger partial charge in [0.1, 0.15) is 0 Å². The third kappa shape index (κ3) is 4.10. The Hall–Kier alpha value is -2.70. The van der Waals surface area contributed by atoms with E-state index in [1.807, 2.05) is 30.1 Å². The number of hydrogen-bond acceptors (Lipinski definition) is 5. The minimum Gasteiger partial charge on any atom is -0.461 e. The highest BCUT2D eigenvalue weighted by atomic mass is 16.5. The van der Waals surface area contributed by atoms with E-state index in [1.165, 1.54) is 19.3 Å². The van der Waals surface area contributed by atoms with Crippen molar-refractivity contribution >= 4 is 17.0 Å². The molecule has 1 aliphatic carbocycles. The Balaban J connectivity index is 1.98. The predicted octanol–water partition coefficient (Wildman–Crippen LogP) is 5.68. The number of carbonyl (C=O) groups is 1. The summed E-state index contributed by atoms with van der Waals surface area (Å²) >= 11 is 0. The maximum atomic E-state index is 12.7. The molecule has 3 aromatic heterocycles. The summed E-state index contributed by atoms with van der Waals surface area (Å²) in [6.07, 6.45) is 9.78. The number of carbonyl (C=O) groups excluding carboxylic acids is 1. The van der Waals surface area contributed by atoms with Gasteiger partial charge >= 0.3 is 5.97 Å². The third-order valence-corrected chi connectivity index (χ3v) is 6.08. The summed E-state index contributed by atoms with van der Waals surface area (Å²) in [6, 6.07) is 2.42. The van der Waals surface area contributed by atoms with E-state index < -0.39 is 5.97 Å². The zero-order chi connectivity index (χ0) is 22.1. The molecule has 4 rings (SSSR count). The van der Waals surface area contributed by atoms with Crippen molar-refractivity contribution in [1.29, 1.82) is 0 Å². The van der Waals surface area contributed by atoms with Crippen LogP contribution in [0, 0.1) is 0 Å². The summed E-state index contributed by atoms with van der Waals surface area (Å²) in [5.41, 5.74) is 4.06. The molecule has 31 heavy (non-hydrogen) atoms. The van der Waals surface area contributed by atoms with Crippen LogP contribution in [0.15, 0.2) is 18.5 Å². The summed E-state index contributed by atoms with van der Waals surface area (Å²) in [7, 11) is 0.